The predicted molar refractivity (Wildman–Crippen MR) is 136 cm³/mol. The Morgan fingerprint density at radius 3 is 2.25 bits per heavy atom. The molecule has 2 aromatic carbocycles. The number of nitrogen functional groups attached to an aromatic ring is 1. The van der Waals surface area contributed by atoms with Gasteiger partial charge < -0.3 is 16.0 Å². The molecule has 5 heteroatoms. The molecule has 0 atom stereocenters. The minimum absolute atomic E-state index is 0.137. The number of benzene rings is 2. The summed E-state index contributed by atoms with van der Waals surface area (Å²) in [6, 6.07) is 10.7. The van der Waals surface area contributed by atoms with Crippen LogP contribution in [0.3, 0.4) is 0 Å². The van der Waals surface area contributed by atoms with Crippen molar-refractivity contribution in [1.82, 2.24) is 9.80 Å². The Morgan fingerprint density at radius 1 is 1.06 bits per heavy atom. The molecule has 0 bridgehead atoms. The van der Waals surface area contributed by atoms with E-state index in [-0.39, 0.29) is 5.91 Å². The molecule has 0 aliphatic carbocycles. The van der Waals surface area contributed by atoms with E-state index in [1.807, 2.05) is 31.9 Å². The molecule has 32 heavy (non-hydrogen) atoms. The average molecular weight is 435 g/mol. The first kappa shape index (κ1) is 23.9. The van der Waals surface area contributed by atoms with Gasteiger partial charge in [0.1, 0.15) is 0 Å². The summed E-state index contributed by atoms with van der Waals surface area (Å²) in [7, 11) is 1.94. The minimum Gasteiger partial charge on any atom is -0.398 e. The maximum Gasteiger partial charge on any atom is 0.241 e. The quantitative estimate of drug-likeness (QED) is 0.628. The van der Waals surface area contributed by atoms with Gasteiger partial charge in [-0.1, -0.05) is 42.5 Å². The second-order valence-electron chi connectivity index (χ2n) is 8.99. The summed E-state index contributed by atoms with van der Waals surface area (Å²) >= 11 is 0. The number of carbonyl (C=O) groups excluding carboxylic acids is 1. The Hall–Kier alpha value is -2.79. The van der Waals surface area contributed by atoms with E-state index in [1.54, 1.807) is 0 Å². The SMILES string of the molecule is Cc1c(C)c(NCC(=O)N(C)C2CCN(C/C=C/c3ccccc3)CC2)c(C)c(C)c1N. The predicted octanol–water partition coefficient (Wildman–Crippen LogP) is 4.55. The molecule has 5 nitrogen and oxygen atoms in total. The van der Waals surface area contributed by atoms with Crippen LogP contribution in [0.15, 0.2) is 36.4 Å². The zero-order chi connectivity index (χ0) is 23.3. The Morgan fingerprint density at radius 2 is 1.66 bits per heavy atom. The number of nitrogens with zero attached hydrogens (tertiary/aromatic N) is 2. The van der Waals surface area contributed by atoms with Crippen molar-refractivity contribution in [3.05, 3.63) is 64.2 Å². The van der Waals surface area contributed by atoms with E-state index in [4.69, 9.17) is 5.73 Å². The topological polar surface area (TPSA) is 61.6 Å². The second kappa shape index (κ2) is 10.7. The maximum atomic E-state index is 12.9. The molecular formula is C27H38N4O. The number of carbonyl (C=O) groups is 1. The van der Waals surface area contributed by atoms with Gasteiger partial charge in [0.15, 0.2) is 0 Å². The molecule has 3 N–H and O–H groups in total. The van der Waals surface area contributed by atoms with Crippen LogP contribution in [0.2, 0.25) is 0 Å². The lowest BCUT2D eigenvalue weighted by Gasteiger charge is -2.36. The van der Waals surface area contributed by atoms with Gasteiger partial charge in [0.05, 0.1) is 6.54 Å². The summed E-state index contributed by atoms with van der Waals surface area (Å²) in [4.78, 5) is 17.3. The molecule has 0 unspecified atom stereocenters. The molecule has 2 aromatic rings. The number of likely N-dealkylation sites (N-methyl/N-ethyl adjacent to an activating group) is 1. The summed E-state index contributed by atoms with van der Waals surface area (Å²) in [5, 5.41) is 3.40. The molecule has 0 spiro atoms. The first-order valence-corrected chi connectivity index (χ1v) is 11.6. The van der Waals surface area contributed by atoms with Crippen LogP contribution in [0.4, 0.5) is 11.4 Å². The Kier molecular flexibility index (Phi) is 7.97. The van der Waals surface area contributed by atoms with Crippen molar-refractivity contribution >= 4 is 23.4 Å². The van der Waals surface area contributed by atoms with Crippen LogP contribution in [0.5, 0.6) is 0 Å². The minimum atomic E-state index is 0.137. The summed E-state index contributed by atoms with van der Waals surface area (Å²) in [6.07, 6.45) is 6.44. The van der Waals surface area contributed by atoms with Crippen LogP contribution in [0.1, 0.15) is 40.7 Å². The van der Waals surface area contributed by atoms with E-state index in [0.29, 0.717) is 12.6 Å². The Labute approximate surface area is 193 Å². The highest BCUT2D eigenvalue weighted by Gasteiger charge is 2.25. The van der Waals surface area contributed by atoms with Gasteiger partial charge in [-0.2, -0.15) is 0 Å². The number of amides is 1. The Balaban J connectivity index is 1.49. The molecule has 0 radical (unpaired) electrons. The van der Waals surface area contributed by atoms with E-state index in [2.05, 4.69) is 60.5 Å². The lowest BCUT2D eigenvalue weighted by atomic mass is 9.96. The fourth-order valence-corrected chi connectivity index (χ4v) is 4.49. The molecule has 172 valence electrons. The van der Waals surface area contributed by atoms with E-state index < -0.39 is 0 Å². The maximum absolute atomic E-state index is 12.9. The summed E-state index contributed by atoms with van der Waals surface area (Å²) in [5.41, 5.74) is 13.8. The fraction of sp³-hybridized carbons (Fsp3) is 0.444. The average Bonchev–Trinajstić information content (AvgIpc) is 2.82. The lowest BCUT2D eigenvalue weighted by Crippen LogP contribution is -2.47. The standard InChI is InChI=1S/C27H38N4O/c1-19-21(3)27(22(4)20(2)26(19)28)29-18-25(32)30(5)24-13-16-31(17-14-24)15-9-12-23-10-7-6-8-11-23/h6-12,24,29H,13-18,28H2,1-5H3/b12-9+. The van der Waals surface area contributed by atoms with E-state index in [0.717, 1.165) is 66.1 Å². The van der Waals surface area contributed by atoms with Crippen molar-refractivity contribution in [3.63, 3.8) is 0 Å². The highest BCUT2D eigenvalue weighted by molar-refractivity contribution is 5.82. The van der Waals surface area contributed by atoms with Crippen molar-refractivity contribution in [2.24, 2.45) is 0 Å². The zero-order valence-electron chi connectivity index (χ0n) is 20.2. The first-order chi connectivity index (χ1) is 15.3. The lowest BCUT2D eigenvalue weighted by molar-refractivity contribution is -0.130. The second-order valence-corrected chi connectivity index (χ2v) is 8.99. The van der Waals surface area contributed by atoms with Gasteiger partial charge in [0, 0.05) is 44.1 Å². The van der Waals surface area contributed by atoms with Gasteiger partial charge in [-0.3, -0.25) is 9.69 Å². The van der Waals surface area contributed by atoms with Crippen molar-refractivity contribution < 1.29 is 4.79 Å². The summed E-state index contributed by atoms with van der Waals surface area (Å²) < 4.78 is 0. The molecule has 1 amide bonds. The van der Waals surface area contributed by atoms with Crippen LogP contribution in [-0.4, -0.2) is 55.0 Å². The van der Waals surface area contributed by atoms with Crippen molar-refractivity contribution in [3.8, 4) is 0 Å². The molecule has 0 saturated carbocycles. The van der Waals surface area contributed by atoms with Crippen LogP contribution < -0.4 is 11.1 Å². The summed E-state index contributed by atoms with van der Waals surface area (Å²) in [5.74, 6) is 0.137. The third-order valence-electron chi connectivity index (χ3n) is 7.07. The van der Waals surface area contributed by atoms with Gasteiger partial charge in [-0.05, 0) is 68.4 Å². The van der Waals surface area contributed by atoms with Crippen molar-refractivity contribution in [2.75, 3.05) is 44.3 Å². The van der Waals surface area contributed by atoms with Gasteiger partial charge >= 0.3 is 0 Å². The number of hydrogen-bond acceptors (Lipinski definition) is 4. The molecule has 1 aliphatic heterocycles. The van der Waals surface area contributed by atoms with Crippen LogP contribution in [0.25, 0.3) is 6.08 Å². The third kappa shape index (κ3) is 5.52. The number of piperidine rings is 1. The van der Waals surface area contributed by atoms with Gasteiger partial charge in [0.2, 0.25) is 5.91 Å². The van der Waals surface area contributed by atoms with Crippen LogP contribution in [0, 0.1) is 27.7 Å². The molecular weight excluding hydrogens is 396 g/mol. The normalized spacial score (nSPS) is 15.3. The number of rotatable bonds is 7. The van der Waals surface area contributed by atoms with Crippen molar-refractivity contribution in [2.45, 2.75) is 46.6 Å². The molecule has 1 fully saturated rings. The number of nitrogens with two attached hydrogens (primary N) is 1. The van der Waals surface area contributed by atoms with Crippen LogP contribution in [-0.2, 0) is 4.79 Å². The van der Waals surface area contributed by atoms with E-state index >= 15 is 0 Å². The highest BCUT2D eigenvalue weighted by atomic mass is 16.2. The third-order valence-corrected chi connectivity index (χ3v) is 7.07. The molecule has 0 aromatic heterocycles. The molecule has 3 rings (SSSR count). The summed E-state index contributed by atoms with van der Waals surface area (Å²) in [6.45, 7) is 11.5. The van der Waals surface area contributed by atoms with Gasteiger partial charge in [-0.25, -0.2) is 0 Å². The van der Waals surface area contributed by atoms with Crippen molar-refractivity contribution in [1.29, 1.82) is 0 Å². The monoisotopic (exact) mass is 434 g/mol. The Bertz CT molecular complexity index is 930. The molecule has 1 aliphatic rings. The number of anilines is 2. The highest BCUT2D eigenvalue weighted by Crippen LogP contribution is 2.32. The largest absolute Gasteiger partial charge is 0.398 e. The molecule has 1 heterocycles. The number of likely N-dealkylation sites (tertiary alicyclic amines) is 1. The first-order valence-electron chi connectivity index (χ1n) is 11.6. The number of hydrogen-bond donors (Lipinski definition) is 2. The van der Waals surface area contributed by atoms with Gasteiger partial charge in [-0.15, -0.1) is 0 Å². The van der Waals surface area contributed by atoms with Gasteiger partial charge in [0.25, 0.3) is 0 Å². The van der Waals surface area contributed by atoms with Crippen LogP contribution >= 0.6 is 0 Å². The van der Waals surface area contributed by atoms with E-state index in [1.165, 1.54) is 5.56 Å². The fourth-order valence-electron chi connectivity index (χ4n) is 4.49. The smallest absolute Gasteiger partial charge is 0.241 e. The number of nitrogens with one attached hydrogen (secondary N) is 1. The molecule has 1 saturated heterocycles. The zero-order valence-corrected chi connectivity index (χ0v) is 20.2. The van der Waals surface area contributed by atoms with E-state index in [9.17, 15) is 4.79 Å².